The Morgan fingerprint density at radius 3 is 2.87 bits per heavy atom. The van der Waals surface area contributed by atoms with Crippen LogP contribution in [-0.4, -0.2) is 36.6 Å². The van der Waals surface area contributed by atoms with Crippen molar-refractivity contribution in [2.24, 2.45) is 5.92 Å². The molecule has 1 aliphatic rings. The Morgan fingerprint density at radius 1 is 1.26 bits per heavy atom. The van der Waals surface area contributed by atoms with E-state index in [1.54, 1.807) is 0 Å². The normalized spacial score (nSPS) is 18.0. The molecule has 3 heterocycles. The van der Waals surface area contributed by atoms with Crippen LogP contribution in [-0.2, 0) is 0 Å². The number of hydrogen-bond acceptors (Lipinski definition) is 6. The molecule has 0 aromatic carbocycles. The van der Waals surface area contributed by atoms with Gasteiger partial charge in [-0.15, -0.1) is 25.3 Å². The summed E-state index contributed by atoms with van der Waals surface area (Å²) in [6, 6.07) is 7.96. The van der Waals surface area contributed by atoms with Gasteiger partial charge in [-0.1, -0.05) is 0 Å². The summed E-state index contributed by atoms with van der Waals surface area (Å²) < 4.78 is 0. The minimum atomic E-state index is 0.598. The lowest BCUT2D eigenvalue weighted by atomic mass is 9.97. The summed E-state index contributed by atoms with van der Waals surface area (Å²) in [6.45, 7) is 3.07. The van der Waals surface area contributed by atoms with Gasteiger partial charge in [0.15, 0.2) is 0 Å². The van der Waals surface area contributed by atoms with E-state index >= 15 is 0 Å². The third-order valence-corrected chi connectivity index (χ3v) is 4.85. The summed E-state index contributed by atoms with van der Waals surface area (Å²) in [5.74, 6) is 2.59. The van der Waals surface area contributed by atoms with Crippen molar-refractivity contribution >= 4 is 36.9 Å². The highest BCUT2D eigenvalue weighted by molar-refractivity contribution is 7.80. The van der Waals surface area contributed by atoms with Gasteiger partial charge < -0.3 is 9.80 Å². The maximum Gasteiger partial charge on any atom is 0.141 e. The predicted octanol–water partition coefficient (Wildman–Crippen LogP) is 3.41. The van der Waals surface area contributed by atoms with Gasteiger partial charge in [0.1, 0.15) is 11.6 Å². The topological polar surface area (TPSA) is 32.3 Å². The number of piperidine rings is 1. The molecule has 1 saturated heterocycles. The Balaban J connectivity index is 1.64. The average molecular weight is 347 g/mol. The van der Waals surface area contributed by atoms with Crippen molar-refractivity contribution < 1.29 is 0 Å². The van der Waals surface area contributed by atoms with E-state index in [1.165, 1.54) is 12.8 Å². The molecule has 1 atom stereocenters. The second-order valence-electron chi connectivity index (χ2n) is 6.06. The van der Waals surface area contributed by atoms with E-state index in [9.17, 15) is 0 Å². The van der Waals surface area contributed by atoms with Crippen LogP contribution in [0, 0.1) is 5.92 Å². The minimum absolute atomic E-state index is 0.598. The highest BCUT2D eigenvalue weighted by Crippen LogP contribution is 2.25. The molecule has 2 aromatic rings. The van der Waals surface area contributed by atoms with Crippen molar-refractivity contribution in [3.05, 3.63) is 36.7 Å². The lowest BCUT2D eigenvalue weighted by Gasteiger charge is -2.35. The third kappa shape index (κ3) is 4.12. The van der Waals surface area contributed by atoms with Crippen molar-refractivity contribution in [3.63, 3.8) is 0 Å². The van der Waals surface area contributed by atoms with Gasteiger partial charge >= 0.3 is 0 Å². The minimum Gasteiger partial charge on any atom is -0.358 e. The van der Waals surface area contributed by atoms with Crippen LogP contribution in [0.4, 0.5) is 11.6 Å². The highest BCUT2D eigenvalue weighted by Gasteiger charge is 2.22. The van der Waals surface area contributed by atoms with Crippen molar-refractivity contribution in [1.82, 2.24) is 9.97 Å². The molecule has 0 amide bonds. The van der Waals surface area contributed by atoms with Gasteiger partial charge in [-0.05, 0) is 43.0 Å². The van der Waals surface area contributed by atoms with Gasteiger partial charge in [0, 0.05) is 48.9 Å². The van der Waals surface area contributed by atoms with Crippen LogP contribution < -0.4 is 9.80 Å². The van der Waals surface area contributed by atoms with Gasteiger partial charge in [0.2, 0.25) is 0 Å². The number of pyridine rings is 2. The van der Waals surface area contributed by atoms with E-state index in [2.05, 4.69) is 58.1 Å². The van der Waals surface area contributed by atoms with E-state index in [0.29, 0.717) is 5.92 Å². The largest absolute Gasteiger partial charge is 0.358 e. The average Bonchev–Trinajstić information content (AvgIpc) is 2.56. The molecule has 2 aromatic heterocycles. The predicted molar refractivity (Wildman–Crippen MR) is 101 cm³/mol. The Hall–Kier alpha value is -1.40. The number of thiol groups is 2. The quantitative estimate of drug-likeness (QED) is 0.831. The lowest BCUT2D eigenvalue weighted by molar-refractivity contribution is 0.415. The first kappa shape index (κ1) is 16.5. The zero-order valence-corrected chi connectivity index (χ0v) is 15.0. The first-order valence-corrected chi connectivity index (χ1v) is 8.78. The molecule has 0 aliphatic carbocycles. The molecule has 23 heavy (non-hydrogen) atoms. The van der Waals surface area contributed by atoms with Gasteiger partial charge in [0.05, 0.1) is 0 Å². The fourth-order valence-corrected chi connectivity index (χ4v) is 3.59. The third-order valence-electron chi connectivity index (χ3n) is 4.23. The van der Waals surface area contributed by atoms with E-state index in [-0.39, 0.29) is 0 Å². The molecule has 1 fully saturated rings. The Bertz CT molecular complexity index is 647. The highest BCUT2D eigenvalue weighted by atomic mass is 32.1. The van der Waals surface area contributed by atoms with Crippen molar-refractivity contribution in [2.45, 2.75) is 22.6 Å². The molecule has 3 rings (SSSR count). The van der Waals surface area contributed by atoms with Gasteiger partial charge in [-0.25, -0.2) is 9.97 Å². The number of nitrogens with zero attached hydrogens (tertiary/aromatic N) is 4. The monoisotopic (exact) mass is 346 g/mol. The summed E-state index contributed by atoms with van der Waals surface area (Å²) in [6.07, 6.45) is 6.07. The molecule has 1 unspecified atom stereocenters. The number of anilines is 2. The zero-order chi connectivity index (χ0) is 16.2. The maximum absolute atomic E-state index is 4.51. The van der Waals surface area contributed by atoms with Crippen molar-refractivity contribution in [1.29, 1.82) is 0 Å². The Morgan fingerprint density at radius 2 is 2.13 bits per heavy atom. The fourth-order valence-electron chi connectivity index (χ4n) is 3.14. The molecule has 4 nitrogen and oxygen atoms in total. The number of hydrogen-bond donors (Lipinski definition) is 2. The smallest absolute Gasteiger partial charge is 0.141 e. The summed E-state index contributed by atoms with van der Waals surface area (Å²) >= 11 is 8.81. The van der Waals surface area contributed by atoms with E-state index in [1.807, 2.05) is 30.6 Å². The molecule has 0 bridgehead atoms. The lowest BCUT2D eigenvalue weighted by Crippen LogP contribution is -2.40. The first-order chi connectivity index (χ1) is 11.1. The van der Waals surface area contributed by atoms with Crippen LogP contribution in [0.5, 0.6) is 0 Å². The summed E-state index contributed by atoms with van der Waals surface area (Å²) in [5.41, 5.74) is 0. The summed E-state index contributed by atoms with van der Waals surface area (Å²) in [7, 11) is 2.09. The second-order valence-corrected chi connectivity index (χ2v) is 7.05. The molecular formula is C17H22N4S2. The van der Waals surface area contributed by atoms with Crippen LogP contribution in [0.3, 0.4) is 0 Å². The van der Waals surface area contributed by atoms with Crippen LogP contribution in [0.1, 0.15) is 12.8 Å². The van der Waals surface area contributed by atoms with E-state index in [0.717, 1.165) is 41.1 Å². The fraction of sp³-hybridized carbons (Fsp3) is 0.412. The Kier molecular flexibility index (Phi) is 5.33. The van der Waals surface area contributed by atoms with E-state index < -0.39 is 0 Å². The number of rotatable bonds is 4. The molecule has 122 valence electrons. The molecule has 0 N–H and O–H groups in total. The van der Waals surface area contributed by atoms with Crippen LogP contribution in [0.25, 0.3) is 0 Å². The zero-order valence-electron chi connectivity index (χ0n) is 13.3. The van der Waals surface area contributed by atoms with Gasteiger partial charge in [-0.3, -0.25) is 0 Å². The Labute approximate surface area is 148 Å². The second kappa shape index (κ2) is 7.45. The molecule has 1 aliphatic heterocycles. The summed E-state index contributed by atoms with van der Waals surface area (Å²) in [4.78, 5) is 15.4. The molecule has 0 saturated carbocycles. The molecule has 6 heteroatoms. The van der Waals surface area contributed by atoms with Crippen LogP contribution in [0.15, 0.2) is 46.5 Å². The van der Waals surface area contributed by atoms with Gasteiger partial charge in [-0.2, -0.15) is 0 Å². The maximum atomic E-state index is 4.51. The summed E-state index contributed by atoms with van der Waals surface area (Å²) in [5, 5.41) is 0. The standard InChI is InChI=1S/C17H22N4S2/c1-20(17-15(23)5-2-8-18-17)11-13-4-3-9-21(12-13)16-7-6-14(22)10-19-16/h2,5-8,10,13,22-23H,3-4,9,11-12H2,1H3. The molecular weight excluding hydrogens is 324 g/mol. The van der Waals surface area contributed by atoms with Crippen molar-refractivity contribution in [2.75, 3.05) is 36.5 Å². The molecule has 0 spiro atoms. The number of aromatic nitrogens is 2. The molecule has 0 radical (unpaired) electrons. The SMILES string of the molecule is CN(CC1CCCN(c2ccc(S)cn2)C1)c1ncccc1S. The van der Waals surface area contributed by atoms with Gasteiger partial charge in [0.25, 0.3) is 0 Å². The van der Waals surface area contributed by atoms with Crippen LogP contribution >= 0.6 is 25.3 Å². The van der Waals surface area contributed by atoms with Crippen LogP contribution in [0.2, 0.25) is 0 Å². The van der Waals surface area contributed by atoms with E-state index in [4.69, 9.17) is 0 Å². The van der Waals surface area contributed by atoms with Crippen molar-refractivity contribution in [3.8, 4) is 0 Å². The first-order valence-electron chi connectivity index (χ1n) is 7.88.